The molecule has 0 spiro atoms. The number of aliphatic hydroxyl groups excluding tert-OH is 3. The molecule has 9 aromatic carbocycles. The first-order valence-corrected chi connectivity index (χ1v) is 43.5. The highest BCUT2D eigenvalue weighted by molar-refractivity contribution is 7.23. The molecule has 28 heteroatoms. The Morgan fingerprint density at radius 2 is 0.656 bits per heavy atom. The van der Waals surface area contributed by atoms with Crippen LogP contribution in [0.1, 0.15) is 136 Å². The van der Waals surface area contributed by atoms with Gasteiger partial charge in [0.2, 0.25) is 0 Å². The quantitative estimate of drug-likeness (QED) is 0.0230. The van der Waals surface area contributed by atoms with Gasteiger partial charge in [0.05, 0.1) is 65.5 Å². The lowest BCUT2D eigenvalue weighted by molar-refractivity contribution is -0.135. The number of aliphatic hydroxyl groups is 3. The predicted octanol–water partition coefficient (Wildman–Crippen LogP) is 19.5. The second kappa shape index (κ2) is 37.8. The average molecular weight is 1780 g/mol. The van der Waals surface area contributed by atoms with Crippen molar-refractivity contribution < 1.29 is 92.3 Å². The van der Waals surface area contributed by atoms with Crippen molar-refractivity contribution in [3.05, 3.63) is 302 Å². The van der Waals surface area contributed by atoms with Crippen molar-refractivity contribution in [3.8, 4) is 34.5 Å². The number of nitrogens with zero attached hydrogens (tertiary/aromatic N) is 6. The van der Waals surface area contributed by atoms with Gasteiger partial charge in [0.25, 0.3) is 29.3 Å². The van der Waals surface area contributed by atoms with E-state index in [0.29, 0.717) is 105 Å². The molecule has 0 aliphatic carbocycles. The maximum atomic E-state index is 13.7. The van der Waals surface area contributed by atoms with Gasteiger partial charge in [-0.25, -0.2) is 15.0 Å². The van der Waals surface area contributed by atoms with Crippen LogP contribution in [0.2, 0.25) is 0 Å². The summed E-state index contributed by atoms with van der Waals surface area (Å²) in [6.45, 7) is 32.1. The van der Waals surface area contributed by atoms with Gasteiger partial charge in [-0.05, 0) is 238 Å². The first-order chi connectivity index (χ1) is 61.2. The van der Waals surface area contributed by atoms with Crippen LogP contribution in [-0.4, -0.2) is 126 Å². The summed E-state index contributed by atoms with van der Waals surface area (Å²) in [5, 5.41) is 50.8. The Morgan fingerprint density at radius 1 is 0.398 bits per heavy atom. The van der Waals surface area contributed by atoms with E-state index in [4.69, 9.17) is 63.2 Å². The summed E-state index contributed by atoms with van der Waals surface area (Å²) in [7, 11) is 0. The third-order valence-electron chi connectivity index (χ3n) is 21.5. The number of ketones is 3. The number of aromatic nitrogens is 3. The van der Waals surface area contributed by atoms with Crippen LogP contribution in [0.4, 0.5) is 15.4 Å². The van der Waals surface area contributed by atoms with E-state index in [0.717, 1.165) is 112 Å². The van der Waals surface area contributed by atoms with E-state index >= 15 is 0 Å². The average Bonchev–Trinajstić information content (AvgIpc) is 1.59. The van der Waals surface area contributed by atoms with Crippen molar-refractivity contribution in [3.63, 3.8) is 0 Å². The van der Waals surface area contributed by atoms with Gasteiger partial charge < -0.3 is 54.0 Å². The normalized spacial score (nSPS) is 18.8. The number of anilines is 3. The number of fused-ring (bicyclic) bond motifs is 6. The minimum Gasteiger partial charge on any atom is -0.507 e. The van der Waals surface area contributed by atoms with Crippen molar-refractivity contribution in [2.24, 2.45) is 0 Å². The zero-order valence-corrected chi connectivity index (χ0v) is 74.5. The minimum absolute atomic E-state index is 0.00458. The molecule has 0 bridgehead atoms. The zero-order valence-electron chi connectivity index (χ0n) is 72.0. The number of aryl methyl sites for hydroxylation is 6. The fourth-order valence-electron chi connectivity index (χ4n) is 16.4. The number of carboxylic acids is 2. The molecule has 0 radical (unpaired) electrons. The van der Waals surface area contributed by atoms with Crippen LogP contribution in [0.5, 0.6) is 34.5 Å². The molecule has 6 aliphatic rings. The monoisotopic (exact) mass is 1780 g/mol. The van der Waals surface area contributed by atoms with E-state index in [-0.39, 0.29) is 52.3 Å². The van der Waals surface area contributed by atoms with Crippen molar-refractivity contribution in [2.75, 3.05) is 34.5 Å². The molecule has 25 nitrogen and oxygen atoms in total. The van der Waals surface area contributed by atoms with E-state index in [9.17, 15) is 44.1 Å². The van der Waals surface area contributed by atoms with Crippen LogP contribution in [0.25, 0.3) is 47.9 Å². The van der Waals surface area contributed by atoms with Crippen LogP contribution < -0.4 is 43.1 Å². The molecule has 18 rings (SSSR count). The van der Waals surface area contributed by atoms with Gasteiger partial charge >= 0.3 is 17.7 Å². The largest absolute Gasteiger partial charge is 0.507 e. The Morgan fingerprint density at radius 3 is 0.906 bits per heavy atom. The molecule has 3 amide bonds. The second-order valence-electron chi connectivity index (χ2n) is 31.7. The first kappa shape index (κ1) is 89.9. The maximum Gasteiger partial charge on any atom is 0.301 e. The lowest BCUT2D eigenvalue weighted by atomic mass is 9.94. The molecule has 654 valence electrons. The molecular formula is C100H92N6O19S3. The van der Waals surface area contributed by atoms with Crippen LogP contribution in [0.15, 0.2) is 218 Å². The van der Waals surface area contributed by atoms with Crippen molar-refractivity contribution >= 4 is 144 Å². The molecule has 6 unspecified atom stereocenters. The fraction of sp³-hybridized carbons (Fsp3) is 0.230. The van der Waals surface area contributed by atoms with Gasteiger partial charge in [-0.3, -0.25) is 53.1 Å². The van der Waals surface area contributed by atoms with Crippen molar-refractivity contribution in [2.45, 2.75) is 132 Å². The standard InChI is InChI=1S/3C32H28N2O5S.2C2H4O2/c3*1-5-11-38-23-8-6-7-20(16-23)28-26(29(35)21-9-10-24-22(15-21)14-19(4)39-24)30(36)31(37)34(28)32-33-27-18(3)12-17(2)13-25(27)40-32;2*1-2(3)4/h3*5-10,12-13,15-16,19,28,35H,1,11,14H2,2-4H3;2*1H3,(H,3,4). The Bertz CT molecular complexity index is 6040. The van der Waals surface area contributed by atoms with E-state index in [1.165, 1.54) is 48.7 Å². The number of Topliss-reactive ketones (excluding diaryl/α,β-unsaturated/α-hetero) is 3. The number of thiazole rings is 3. The highest BCUT2D eigenvalue weighted by atomic mass is 32.1. The van der Waals surface area contributed by atoms with Crippen LogP contribution in [-0.2, 0) is 57.6 Å². The summed E-state index contributed by atoms with van der Waals surface area (Å²) >= 11 is 4.04. The summed E-state index contributed by atoms with van der Waals surface area (Å²) in [6, 6.07) is 47.0. The number of aliphatic carboxylic acids is 2. The number of ether oxygens (including phenoxy) is 6. The van der Waals surface area contributed by atoms with Gasteiger partial charge in [-0.2, -0.15) is 0 Å². The van der Waals surface area contributed by atoms with Gasteiger partial charge in [0, 0.05) is 49.8 Å². The van der Waals surface area contributed by atoms with Crippen molar-refractivity contribution in [1.82, 2.24) is 15.0 Å². The molecule has 6 aliphatic heterocycles. The smallest absolute Gasteiger partial charge is 0.301 e. The van der Waals surface area contributed by atoms with Gasteiger partial charge in [0.1, 0.15) is 89.9 Å². The number of hydrogen-bond donors (Lipinski definition) is 5. The molecule has 3 saturated heterocycles. The van der Waals surface area contributed by atoms with Crippen molar-refractivity contribution in [1.29, 1.82) is 0 Å². The SMILES string of the molecule is C=CCOc1cccc(C2C(=C(O)c3ccc4c(c3)CC(C)O4)C(=O)C(=O)N2c2nc3c(C)cc(C)cc3s2)c1.C=CCOc1cccc(C2C(=C(O)c3ccc4c(c3)CC(C)O4)C(=O)C(=O)N2c2nc3c(C)cc(C)cc3s2)c1.C=CCOc1cccc(C2C(=C(O)c3ccc4c(c3)CC(C)O4)C(=O)C(=O)N2c2nc3c(C)cc(C)cc3s2)c1.CC(=O)O.CC(=O)O. The number of carbonyl (C=O) groups excluding carboxylic acids is 6. The molecule has 0 saturated carbocycles. The lowest BCUT2D eigenvalue weighted by Crippen LogP contribution is -2.29. The Kier molecular flexibility index (Phi) is 26.6. The zero-order chi connectivity index (χ0) is 91.5. The molecule has 9 heterocycles. The summed E-state index contributed by atoms with van der Waals surface area (Å²) in [4.78, 5) is 119. The van der Waals surface area contributed by atoms with Gasteiger partial charge in [-0.1, -0.05) is 127 Å². The minimum atomic E-state index is -0.905. The highest BCUT2D eigenvalue weighted by Crippen LogP contribution is 2.51. The fourth-order valence-corrected chi connectivity index (χ4v) is 19.9. The van der Waals surface area contributed by atoms with Gasteiger partial charge in [0.15, 0.2) is 15.4 Å². The molecule has 128 heavy (non-hydrogen) atoms. The summed E-state index contributed by atoms with van der Waals surface area (Å²) in [5.74, 6) is -2.95. The number of amides is 3. The second-order valence-corrected chi connectivity index (χ2v) is 34.7. The Balaban J connectivity index is 0.000000149. The predicted molar refractivity (Wildman–Crippen MR) is 495 cm³/mol. The Labute approximate surface area is 749 Å². The topological polar surface area (TPSA) is 341 Å². The molecule has 5 N–H and O–H groups in total. The number of hydrogen-bond acceptors (Lipinski definition) is 23. The highest BCUT2D eigenvalue weighted by Gasteiger charge is 2.52. The molecular weight excluding hydrogens is 1690 g/mol. The lowest BCUT2D eigenvalue weighted by Gasteiger charge is -2.23. The van der Waals surface area contributed by atoms with E-state index in [2.05, 4.69) is 19.7 Å². The first-order valence-electron chi connectivity index (χ1n) is 41.1. The van der Waals surface area contributed by atoms with Crippen LogP contribution in [0.3, 0.4) is 0 Å². The van der Waals surface area contributed by atoms with Gasteiger partial charge in [-0.15, -0.1) is 0 Å². The number of carboxylic acid groups (broad SMARTS) is 2. The van der Waals surface area contributed by atoms with Crippen LogP contribution in [0, 0.1) is 41.5 Å². The summed E-state index contributed by atoms with van der Waals surface area (Å²) in [5.41, 5.74) is 14.6. The molecule has 3 aromatic heterocycles. The molecule has 12 aromatic rings. The summed E-state index contributed by atoms with van der Waals surface area (Å²) in [6.07, 6.45) is 7.10. The number of benzene rings is 9. The maximum absolute atomic E-state index is 13.7. The number of rotatable bonds is 18. The molecule has 6 atom stereocenters. The molecule has 3 fully saturated rings. The third kappa shape index (κ3) is 18.7. The number of carbonyl (C=O) groups is 8. The van der Waals surface area contributed by atoms with E-state index in [1.54, 1.807) is 109 Å². The van der Waals surface area contributed by atoms with E-state index < -0.39 is 65.1 Å². The Hall–Kier alpha value is -14.4. The van der Waals surface area contributed by atoms with Crippen LogP contribution >= 0.6 is 34.0 Å². The third-order valence-corrected chi connectivity index (χ3v) is 24.5. The van der Waals surface area contributed by atoms with E-state index in [1.807, 2.05) is 135 Å². The summed E-state index contributed by atoms with van der Waals surface area (Å²) < 4.78 is 37.5.